The van der Waals surface area contributed by atoms with E-state index in [-0.39, 0.29) is 0 Å². The average Bonchev–Trinajstić information content (AvgIpc) is 2.33. The Morgan fingerprint density at radius 1 is 1.41 bits per heavy atom. The van der Waals surface area contributed by atoms with Gasteiger partial charge >= 0.3 is 0 Å². The second kappa shape index (κ2) is 5.15. The summed E-state index contributed by atoms with van der Waals surface area (Å²) in [5, 5.41) is 0. The molecule has 0 aromatic carbocycles. The minimum absolute atomic E-state index is 0.333. The summed E-state index contributed by atoms with van der Waals surface area (Å²) in [6.45, 7) is 7.66. The predicted molar refractivity (Wildman–Crippen MR) is 70.6 cm³/mol. The Morgan fingerprint density at radius 2 is 2.12 bits per heavy atom. The van der Waals surface area contributed by atoms with Crippen LogP contribution < -0.4 is 5.73 Å². The Bertz CT molecular complexity index is 338. The van der Waals surface area contributed by atoms with Crippen molar-refractivity contribution in [2.75, 3.05) is 19.6 Å². The molecular formula is C14H23N3. The van der Waals surface area contributed by atoms with Gasteiger partial charge in [0.2, 0.25) is 0 Å². The zero-order valence-corrected chi connectivity index (χ0v) is 10.9. The van der Waals surface area contributed by atoms with Crippen molar-refractivity contribution in [3.8, 4) is 0 Å². The molecule has 2 rings (SSSR count). The minimum Gasteiger partial charge on any atom is -0.329 e. The van der Waals surface area contributed by atoms with Crippen LogP contribution in [0.2, 0.25) is 0 Å². The van der Waals surface area contributed by atoms with Crippen LogP contribution >= 0.6 is 0 Å². The summed E-state index contributed by atoms with van der Waals surface area (Å²) in [5.41, 5.74) is 7.67. The third-order valence-electron chi connectivity index (χ3n) is 3.88. The van der Waals surface area contributed by atoms with Crippen LogP contribution in [0.5, 0.6) is 0 Å². The molecule has 1 aromatic rings. The van der Waals surface area contributed by atoms with Crippen molar-refractivity contribution in [3.05, 3.63) is 30.1 Å². The SMILES string of the molecule is CC1(C)CCN(C(CN)c2cccnc2)CC1. The fourth-order valence-electron chi connectivity index (χ4n) is 2.51. The first kappa shape index (κ1) is 12.5. The number of piperidine rings is 1. The van der Waals surface area contributed by atoms with Crippen molar-refractivity contribution in [1.29, 1.82) is 0 Å². The van der Waals surface area contributed by atoms with Crippen molar-refractivity contribution in [2.24, 2.45) is 11.1 Å². The summed E-state index contributed by atoms with van der Waals surface area (Å²) in [6, 6.07) is 4.45. The fraction of sp³-hybridized carbons (Fsp3) is 0.643. The Kier molecular flexibility index (Phi) is 3.79. The molecule has 0 saturated carbocycles. The maximum atomic E-state index is 5.93. The first-order chi connectivity index (χ1) is 8.12. The van der Waals surface area contributed by atoms with Gasteiger partial charge in [0, 0.05) is 25.0 Å². The van der Waals surface area contributed by atoms with Gasteiger partial charge in [0.15, 0.2) is 0 Å². The molecule has 1 atom stereocenters. The molecule has 3 nitrogen and oxygen atoms in total. The van der Waals surface area contributed by atoms with Gasteiger partial charge in [-0.1, -0.05) is 19.9 Å². The molecule has 1 unspecified atom stereocenters. The molecule has 0 spiro atoms. The van der Waals surface area contributed by atoms with Crippen molar-refractivity contribution in [3.63, 3.8) is 0 Å². The number of likely N-dealkylation sites (tertiary alicyclic amines) is 1. The van der Waals surface area contributed by atoms with Crippen LogP contribution in [0.25, 0.3) is 0 Å². The molecule has 1 aliphatic heterocycles. The molecule has 17 heavy (non-hydrogen) atoms. The first-order valence-electron chi connectivity index (χ1n) is 6.46. The molecule has 3 heteroatoms. The summed E-state index contributed by atoms with van der Waals surface area (Å²) >= 11 is 0. The lowest BCUT2D eigenvalue weighted by Gasteiger charge is -2.40. The Labute approximate surface area is 104 Å². The number of aromatic nitrogens is 1. The van der Waals surface area contributed by atoms with E-state index in [1.807, 2.05) is 18.5 Å². The van der Waals surface area contributed by atoms with Crippen molar-refractivity contribution in [2.45, 2.75) is 32.7 Å². The summed E-state index contributed by atoms with van der Waals surface area (Å²) in [6.07, 6.45) is 6.27. The third-order valence-corrected chi connectivity index (χ3v) is 3.88. The van der Waals surface area contributed by atoms with E-state index in [4.69, 9.17) is 5.73 Å². The predicted octanol–water partition coefficient (Wildman–Crippen LogP) is 2.20. The summed E-state index contributed by atoms with van der Waals surface area (Å²) in [7, 11) is 0. The highest BCUT2D eigenvalue weighted by atomic mass is 15.2. The van der Waals surface area contributed by atoms with E-state index in [0.717, 1.165) is 13.1 Å². The minimum atomic E-state index is 0.333. The topological polar surface area (TPSA) is 42.1 Å². The van der Waals surface area contributed by atoms with Gasteiger partial charge < -0.3 is 5.73 Å². The zero-order valence-electron chi connectivity index (χ0n) is 10.9. The summed E-state index contributed by atoms with van der Waals surface area (Å²) in [5.74, 6) is 0. The monoisotopic (exact) mass is 233 g/mol. The van der Waals surface area contributed by atoms with E-state index in [1.165, 1.54) is 18.4 Å². The Morgan fingerprint density at radius 3 is 2.65 bits per heavy atom. The molecule has 1 aliphatic rings. The van der Waals surface area contributed by atoms with Gasteiger partial charge in [-0.2, -0.15) is 0 Å². The molecule has 0 aliphatic carbocycles. The second-order valence-corrected chi connectivity index (χ2v) is 5.74. The summed E-state index contributed by atoms with van der Waals surface area (Å²) in [4.78, 5) is 6.70. The van der Waals surface area contributed by atoms with Gasteiger partial charge in [-0.3, -0.25) is 9.88 Å². The van der Waals surface area contributed by atoms with E-state index >= 15 is 0 Å². The molecule has 94 valence electrons. The van der Waals surface area contributed by atoms with Crippen LogP contribution in [-0.4, -0.2) is 29.5 Å². The van der Waals surface area contributed by atoms with Gasteiger partial charge in [-0.15, -0.1) is 0 Å². The number of pyridine rings is 1. The van der Waals surface area contributed by atoms with Gasteiger partial charge in [0.25, 0.3) is 0 Å². The highest BCUT2D eigenvalue weighted by molar-refractivity contribution is 5.14. The van der Waals surface area contributed by atoms with Crippen LogP contribution in [0.4, 0.5) is 0 Å². The quantitative estimate of drug-likeness (QED) is 0.870. The molecule has 1 saturated heterocycles. The van der Waals surface area contributed by atoms with Gasteiger partial charge in [-0.05, 0) is 43.0 Å². The molecule has 1 fully saturated rings. The number of nitrogens with two attached hydrogens (primary N) is 1. The van der Waals surface area contributed by atoms with E-state index in [9.17, 15) is 0 Å². The third kappa shape index (κ3) is 3.05. The number of hydrogen-bond acceptors (Lipinski definition) is 3. The number of hydrogen-bond donors (Lipinski definition) is 1. The van der Waals surface area contributed by atoms with E-state index in [1.54, 1.807) is 0 Å². The van der Waals surface area contributed by atoms with Crippen LogP contribution in [0.3, 0.4) is 0 Å². The molecule has 2 N–H and O–H groups in total. The normalized spacial score (nSPS) is 22.3. The van der Waals surface area contributed by atoms with E-state index in [0.29, 0.717) is 18.0 Å². The zero-order chi connectivity index (χ0) is 12.3. The molecule has 0 bridgehead atoms. The molecule has 0 amide bonds. The highest BCUT2D eigenvalue weighted by Gasteiger charge is 2.29. The fourth-order valence-corrected chi connectivity index (χ4v) is 2.51. The molecular weight excluding hydrogens is 210 g/mol. The number of nitrogens with zero attached hydrogens (tertiary/aromatic N) is 2. The lowest BCUT2D eigenvalue weighted by atomic mass is 9.82. The largest absolute Gasteiger partial charge is 0.329 e. The molecule has 2 heterocycles. The maximum absolute atomic E-state index is 5.93. The van der Waals surface area contributed by atoms with Crippen LogP contribution in [-0.2, 0) is 0 Å². The van der Waals surface area contributed by atoms with Crippen molar-refractivity contribution >= 4 is 0 Å². The van der Waals surface area contributed by atoms with Gasteiger partial charge in [0.05, 0.1) is 0 Å². The molecule has 1 aromatic heterocycles. The van der Waals surface area contributed by atoms with E-state index < -0.39 is 0 Å². The van der Waals surface area contributed by atoms with Gasteiger partial charge in [-0.25, -0.2) is 0 Å². The highest BCUT2D eigenvalue weighted by Crippen LogP contribution is 2.33. The average molecular weight is 233 g/mol. The number of rotatable bonds is 3. The second-order valence-electron chi connectivity index (χ2n) is 5.74. The first-order valence-corrected chi connectivity index (χ1v) is 6.46. The molecule has 0 radical (unpaired) electrons. The standard InChI is InChI=1S/C14H23N3/c1-14(2)5-8-17(9-6-14)13(10-15)12-4-3-7-16-11-12/h3-4,7,11,13H,5-6,8-10,15H2,1-2H3. The Balaban J connectivity index is 2.05. The maximum Gasteiger partial charge on any atom is 0.0485 e. The van der Waals surface area contributed by atoms with Crippen LogP contribution in [0.15, 0.2) is 24.5 Å². The lowest BCUT2D eigenvalue weighted by Crippen LogP contribution is -2.42. The van der Waals surface area contributed by atoms with Crippen molar-refractivity contribution < 1.29 is 0 Å². The van der Waals surface area contributed by atoms with Gasteiger partial charge in [0.1, 0.15) is 0 Å². The Hall–Kier alpha value is -0.930. The van der Waals surface area contributed by atoms with Crippen LogP contribution in [0.1, 0.15) is 38.3 Å². The summed E-state index contributed by atoms with van der Waals surface area (Å²) < 4.78 is 0. The van der Waals surface area contributed by atoms with Crippen LogP contribution in [0, 0.1) is 5.41 Å². The lowest BCUT2D eigenvalue weighted by molar-refractivity contribution is 0.0963. The smallest absolute Gasteiger partial charge is 0.0485 e. The van der Waals surface area contributed by atoms with Crippen molar-refractivity contribution in [1.82, 2.24) is 9.88 Å². The van der Waals surface area contributed by atoms with E-state index in [2.05, 4.69) is 29.8 Å².